The van der Waals surface area contributed by atoms with Gasteiger partial charge in [-0.3, -0.25) is 4.79 Å². The zero-order valence-electron chi connectivity index (χ0n) is 14.0. The van der Waals surface area contributed by atoms with Crippen molar-refractivity contribution in [1.82, 2.24) is 15.3 Å². The minimum atomic E-state index is -3.72. The van der Waals surface area contributed by atoms with Crippen LogP contribution in [0.3, 0.4) is 0 Å². The number of nitrogens with one attached hydrogen (secondary N) is 2. The maximum Gasteiger partial charge on any atom is 0.238 e. The molecular formula is C17H18N4O3S2. The van der Waals surface area contributed by atoms with Crippen molar-refractivity contribution in [3.63, 3.8) is 0 Å². The molecule has 26 heavy (non-hydrogen) atoms. The van der Waals surface area contributed by atoms with Gasteiger partial charge in [-0.25, -0.2) is 18.5 Å². The van der Waals surface area contributed by atoms with Crippen LogP contribution in [0, 0.1) is 0 Å². The van der Waals surface area contributed by atoms with Crippen LogP contribution in [0.1, 0.15) is 18.5 Å². The molecule has 0 unspecified atom stereocenters. The molecule has 3 rings (SSSR count). The number of fused-ring (bicyclic) bond motifs is 1. The summed E-state index contributed by atoms with van der Waals surface area (Å²) < 4.78 is 22.5. The van der Waals surface area contributed by atoms with E-state index in [1.54, 1.807) is 12.1 Å². The number of benzene rings is 2. The molecule has 9 heteroatoms. The average molecular weight is 390 g/mol. The van der Waals surface area contributed by atoms with Crippen LogP contribution in [0.25, 0.3) is 11.0 Å². The number of amides is 1. The lowest BCUT2D eigenvalue weighted by Gasteiger charge is -2.14. The zero-order valence-corrected chi connectivity index (χ0v) is 15.6. The van der Waals surface area contributed by atoms with Crippen molar-refractivity contribution in [2.45, 2.75) is 23.0 Å². The van der Waals surface area contributed by atoms with E-state index in [0.717, 1.165) is 16.6 Å². The summed E-state index contributed by atoms with van der Waals surface area (Å²) in [6, 6.07) is 13.5. The predicted octanol–water partition coefficient (Wildman–Crippen LogP) is 2.18. The van der Waals surface area contributed by atoms with Gasteiger partial charge in [0.1, 0.15) is 0 Å². The number of nitrogens with two attached hydrogens (primary N) is 1. The Morgan fingerprint density at radius 1 is 1.23 bits per heavy atom. The summed E-state index contributed by atoms with van der Waals surface area (Å²) in [7, 11) is -3.72. The maximum atomic E-state index is 12.2. The quantitative estimate of drug-likeness (QED) is 0.558. The van der Waals surface area contributed by atoms with Gasteiger partial charge in [0, 0.05) is 0 Å². The number of rotatable bonds is 6. The van der Waals surface area contributed by atoms with Crippen LogP contribution in [-0.2, 0) is 14.8 Å². The zero-order chi connectivity index (χ0) is 18.7. The highest BCUT2D eigenvalue weighted by Crippen LogP contribution is 2.20. The maximum absolute atomic E-state index is 12.2. The fourth-order valence-electron chi connectivity index (χ4n) is 2.44. The number of H-pyrrole nitrogens is 1. The number of thioether (sulfide) groups is 1. The molecule has 0 radical (unpaired) electrons. The third kappa shape index (κ3) is 4.43. The Morgan fingerprint density at radius 2 is 1.92 bits per heavy atom. The Kier molecular flexibility index (Phi) is 5.30. The Morgan fingerprint density at radius 3 is 2.58 bits per heavy atom. The van der Waals surface area contributed by atoms with Crippen LogP contribution in [0.5, 0.6) is 0 Å². The first-order valence-corrected chi connectivity index (χ1v) is 10.4. The van der Waals surface area contributed by atoms with Crippen molar-refractivity contribution in [2.24, 2.45) is 5.14 Å². The predicted molar refractivity (Wildman–Crippen MR) is 101 cm³/mol. The van der Waals surface area contributed by atoms with Crippen molar-refractivity contribution in [3.8, 4) is 0 Å². The molecule has 3 aromatic rings. The lowest BCUT2D eigenvalue weighted by molar-refractivity contribution is -0.119. The number of carbonyl (C=O) groups is 1. The lowest BCUT2D eigenvalue weighted by atomic mass is 10.1. The Balaban J connectivity index is 1.57. The molecule has 0 fully saturated rings. The van der Waals surface area contributed by atoms with Crippen molar-refractivity contribution in [2.75, 3.05) is 5.75 Å². The SMILES string of the molecule is C[C@@H](NC(=O)CSc1nc2ccccc2[nH]1)c1ccc(S(N)(=O)=O)cc1. The molecule has 7 nitrogen and oxygen atoms in total. The molecule has 0 aliphatic carbocycles. The van der Waals surface area contributed by atoms with Crippen molar-refractivity contribution in [1.29, 1.82) is 0 Å². The second kappa shape index (κ2) is 7.48. The minimum Gasteiger partial charge on any atom is -0.349 e. The van der Waals surface area contributed by atoms with E-state index >= 15 is 0 Å². The Labute approximate surface area is 155 Å². The highest BCUT2D eigenvalue weighted by Gasteiger charge is 2.13. The summed E-state index contributed by atoms with van der Waals surface area (Å²) in [5, 5.41) is 8.64. The minimum absolute atomic E-state index is 0.0419. The van der Waals surface area contributed by atoms with Gasteiger partial charge in [-0.1, -0.05) is 36.0 Å². The summed E-state index contributed by atoms with van der Waals surface area (Å²) in [5.41, 5.74) is 2.58. The topological polar surface area (TPSA) is 118 Å². The largest absolute Gasteiger partial charge is 0.349 e. The molecule has 0 saturated heterocycles. The van der Waals surface area contributed by atoms with Gasteiger partial charge in [0.05, 0.1) is 27.7 Å². The molecule has 0 aliphatic rings. The number of hydrogen-bond donors (Lipinski definition) is 3. The van der Waals surface area contributed by atoms with Crippen molar-refractivity contribution in [3.05, 3.63) is 54.1 Å². The van der Waals surface area contributed by atoms with Crippen LogP contribution < -0.4 is 10.5 Å². The summed E-state index contributed by atoms with van der Waals surface area (Å²) in [6.45, 7) is 1.83. The van der Waals surface area contributed by atoms with E-state index in [2.05, 4.69) is 15.3 Å². The van der Waals surface area contributed by atoms with Gasteiger partial charge >= 0.3 is 0 Å². The highest BCUT2D eigenvalue weighted by molar-refractivity contribution is 7.99. The van der Waals surface area contributed by atoms with Crippen molar-refractivity contribution < 1.29 is 13.2 Å². The molecule has 0 saturated carbocycles. The number of carbonyl (C=O) groups excluding carboxylic acids is 1. The molecule has 1 atom stereocenters. The number of para-hydroxylation sites is 2. The van der Waals surface area contributed by atoms with Gasteiger partial charge in [0.2, 0.25) is 15.9 Å². The first kappa shape index (κ1) is 18.4. The summed E-state index contributed by atoms with van der Waals surface area (Å²) >= 11 is 1.32. The molecule has 0 bridgehead atoms. The Hall–Kier alpha value is -2.36. The van der Waals surface area contributed by atoms with Crippen LogP contribution >= 0.6 is 11.8 Å². The molecule has 1 aromatic heterocycles. The van der Waals surface area contributed by atoms with E-state index in [1.807, 2.05) is 31.2 Å². The third-order valence-electron chi connectivity index (χ3n) is 3.79. The van der Waals surface area contributed by atoms with Gasteiger partial charge < -0.3 is 10.3 Å². The van der Waals surface area contributed by atoms with E-state index < -0.39 is 10.0 Å². The first-order valence-electron chi connectivity index (χ1n) is 7.82. The molecule has 4 N–H and O–H groups in total. The third-order valence-corrected chi connectivity index (χ3v) is 5.60. The fourth-order valence-corrected chi connectivity index (χ4v) is 3.66. The van der Waals surface area contributed by atoms with Gasteiger partial charge in [-0.15, -0.1) is 0 Å². The standard InChI is InChI=1S/C17H18N4O3S2/c1-11(12-6-8-13(9-7-12)26(18,23)24)19-16(22)10-25-17-20-14-4-2-3-5-15(14)21-17/h2-9,11H,10H2,1H3,(H,19,22)(H,20,21)(H2,18,23,24)/t11-/m1/s1. The van der Waals surface area contributed by atoms with Crippen LogP contribution in [0.2, 0.25) is 0 Å². The second-order valence-corrected chi connectivity index (χ2v) is 8.28. The molecule has 2 aromatic carbocycles. The molecule has 0 spiro atoms. The van der Waals surface area contributed by atoms with Crippen LogP contribution in [-0.4, -0.2) is 30.0 Å². The molecular weight excluding hydrogens is 372 g/mol. The summed E-state index contributed by atoms with van der Waals surface area (Å²) in [5.74, 6) is 0.0814. The lowest BCUT2D eigenvalue weighted by Crippen LogP contribution is -2.28. The van der Waals surface area contributed by atoms with Crippen LogP contribution in [0.4, 0.5) is 0 Å². The normalized spacial score (nSPS) is 12.8. The fraction of sp³-hybridized carbons (Fsp3) is 0.176. The number of primary sulfonamides is 1. The smallest absolute Gasteiger partial charge is 0.238 e. The molecule has 1 heterocycles. The summed E-state index contributed by atoms with van der Waals surface area (Å²) in [4.78, 5) is 19.8. The van der Waals surface area contributed by atoms with E-state index in [1.165, 1.54) is 23.9 Å². The Bertz CT molecular complexity index is 997. The molecule has 0 aliphatic heterocycles. The van der Waals surface area contributed by atoms with E-state index in [0.29, 0.717) is 5.16 Å². The van der Waals surface area contributed by atoms with Crippen molar-refractivity contribution >= 4 is 38.7 Å². The number of imidazole rings is 1. The van der Waals surface area contributed by atoms with Gasteiger partial charge in [0.15, 0.2) is 5.16 Å². The van der Waals surface area contributed by atoms with E-state index in [4.69, 9.17) is 5.14 Å². The molecule has 136 valence electrons. The number of aromatic nitrogens is 2. The van der Waals surface area contributed by atoms with Crippen LogP contribution in [0.15, 0.2) is 58.6 Å². The average Bonchev–Trinajstić information content (AvgIpc) is 3.02. The number of aromatic amines is 1. The summed E-state index contributed by atoms with van der Waals surface area (Å²) in [6.07, 6.45) is 0. The number of nitrogens with zero attached hydrogens (tertiary/aromatic N) is 1. The number of sulfonamides is 1. The van der Waals surface area contributed by atoms with Gasteiger partial charge in [0.25, 0.3) is 0 Å². The first-order chi connectivity index (χ1) is 12.3. The van der Waals surface area contributed by atoms with E-state index in [-0.39, 0.29) is 22.6 Å². The van der Waals surface area contributed by atoms with Gasteiger partial charge in [-0.2, -0.15) is 0 Å². The monoisotopic (exact) mass is 390 g/mol. The van der Waals surface area contributed by atoms with E-state index in [9.17, 15) is 13.2 Å². The van der Waals surface area contributed by atoms with Gasteiger partial charge in [-0.05, 0) is 36.8 Å². The second-order valence-electron chi connectivity index (χ2n) is 5.75. The highest BCUT2D eigenvalue weighted by atomic mass is 32.2. The molecule has 1 amide bonds. The number of hydrogen-bond acceptors (Lipinski definition) is 5.